The minimum absolute atomic E-state index is 0.635. The Labute approximate surface area is 108 Å². The third-order valence-corrected chi connectivity index (χ3v) is 3.79. The summed E-state index contributed by atoms with van der Waals surface area (Å²) in [5.41, 5.74) is 0. The van der Waals surface area contributed by atoms with Crippen LogP contribution >= 0.6 is 23.6 Å². The van der Waals surface area contributed by atoms with Gasteiger partial charge in [-0.2, -0.15) is 5.10 Å². The second kappa shape index (κ2) is 4.59. The maximum atomic E-state index is 5.35. The van der Waals surface area contributed by atoms with Crippen molar-refractivity contribution in [3.05, 3.63) is 22.3 Å². The van der Waals surface area contributed by atoms with Crippen molar-refractivity contribution in [1.82, 2.24) is 14.9 Å². The van der Waals surface area contributed by atoms with Gasteiger partial charge in [0.15, 0.2) is 5.82 Å². The molecule has 3 rings (SSSR count). The number of hydrogen-bond acceptors (Lipinski definition) is 5. The van der Waals surface area contributed by atoms with Crippen LogP contribution in [0.15, 0.2) is 17.5 Å². The Balaban J connectivity index is 2.03. The number of aromatic amines is 1. The first-order chi connectivity index (χ1) is 8.36. The Kier molecular flexibility index (Phi) is 2.96. The van der Waals surface area contributed by atoms with E-state index in [0.29, 0.717) is 4.77 Å². The van der Waals surface area contributed by atoms with Crippen molar-refractivity contribution in [3.63, 3.8) is 0 Å². The molecule has 17 heavy (non-hydrogen) atoms. The van der Waals surface area contributed by atoms with E-state index in [9.17, 15) is 0 Å². The Morgan fingerprint density at radius 2 is 2.24 bits per heavy atom. The topological polar surface area (TPSA) is 46.1 Å². The van der Waals surface area contributed by atoms with Crippen molar-refractivity contribution < 1.29 is 4.74 Å². The Morgan fingerprint density at radius 1 is 1.41 bits per heavy atom. The van der Waals surface area contributed by atoms with Crippen LogP contribution in [0.25, 0.3) is 10.7 Å². The van der Waals surface area contributed by atoms with Gasteiger partial charge in [0.2, 0.25) is 4.77 Å². The molecule has 1 aliphatic heterocycles. The molecule has 2 aromatic heterocycles. The lowest BCUT2D eigenvalue weighted by Gasteiger charge is -2.29. The lowest BCUT2D eigenvalue weighted by Crippen LogP contribution is -2.44. The average Bonchev–Trinajstić information content (AvgIpc) is 2.98. The van der Waals surface area contributed by atoms with Gasteiger partial charge in [0.05, 0.1) is 31.2 Å². The third-order valence-electron chi connectivity index (χ3n) is 2.66. The van der Waals surface area contributed by atoms with Gasteiger partial charge in [-0.05, 0) is 23.7 Å². The third kappa shape index (κ3) is 2.01. The fraction of sp³-hybridized carbons (Fsp3) is 0.400. The molecular formula is C10H12N4OS2. The number of morpholine rings is 1. The van der Waals surface area contributed by atoms with Crippen molar-refractivity contribution >= 4 is 23.6 Å². The van der Waals surface area contributed by atoms with Crippen molar-refractivity contribution in [2.75, 3.05) is 31.3 Å². The normalized spacial score (nSPS) is 16.4. The molecule has 0 bridgehead atoms. The maximum Gasteiger partial charge on any atom is 0.214 e. The minimum Gasteiger partial charge on any atom is -0.378 e. The number of hydrogen-bond donors (Lipinski definition) is 1. The fourth-order valence-corrected chi connectivity index (χ4v) is 2.82. The fourth-order valence-electron chi connectivity index (χ4n) is 1.87. The van der Waals surface area contributed by atoms with Gasteiger partial charge >= 0.3 is 0 Å². The van der Waals surface area contributed by atoms with Gasteiger partial charge in [0, 0.05) is 0 Å². The lowest BCUT2D eigenvalue weighted by atomic mass is 10.4. The van der Waals surface area contributed by atoms with Crippen LogP contribution < -0.4 is 5.01 Å². The first-order valence-electron chi connectivity index (χ1n) is 5.40. The van der Waals surface area contributed by atoms with Crippen molar-refractivity contribution in [3.8, 4) is 10.7 Å². The molecule has 7 heteroatoms. The number of H-pyrrole nitrogens is 1. The summed E-state index contributed by atoms with van der Waals surface area (Å²) in [4.78, 5) is 1.11. The molecule has 0 aliphatic carbocycles. The van der Waals surface area contributed by atoms with E-state index in [-0.39, 0.29) is 0 Å². The molecule has 5 nitrogen and oxygen atoms in total. The Morgan fingerprint density at radius 3 is 2.94 bits per heavy atom. The summed E-state index contributed by atoms with van der Waals surface area (Å²) in [5, 5.41) is 11.4. The number of rotatable bonds is 2. The zero-order chi connectivity index (χ0) is 11.7. The summed E-state index contributed by atoms with van der Waals surface area (Å²) >= 11 is 6.95. The average molecular weight is 268 g/mol. The molecule has 0 amide bonds. The number of thiophene rings is 1. The Hall–Kier alpha value is -1.18. The summed E-state index contributed by atoms with van der Waals surface area (Å²) in [6.45, 7) is 3.14. The highest BCUT2D eigenvalue weighted by atomic mass is 32.1. The molecule has 1 N–H and O–H groups in total. The number of nitrogens with zero attached hydrogens (tertiary/aromatic N) is 3. The van der Waals surface area contributed by atoms with Gasteiger partial charge in [-0.15, -0.1) is 11.3 Å². The second-order valence-electron chi connectivity index (χ2n) is 3.71. The van der Waals surface area contributed by atoms with Crippen molar-refractivity contribution in [2.24, 2.45) is 0 Å². The molecule has 90 valence electrons. The van der Waals surface area contributed by atoms with E-state index in [2.05, 4.69) is 15.2 Å². The maximum absolute atomic E-state index is 5.35. The lowest BCUT2D eigenvalue weighted by molar-refractivity contribution is 0.111. The molecule has 1 saturated heterocycles. The highest BCUT2D eigenvalue weighted by Crippen LogP contribution is 2.23. The molecule has 2 aromatic rings. The molecule has 0 radical (unpaired) electrons. The summed E-state index contributed by atoms with van der Waals surface area (Å²) in [6.07, 6.45) is 0. The zero-order valence-electron chi connectivity index (χ0n) is 9.13. The quantitative estimate of drug-likeness (QED) is 0.841. The number of nitrogens with one attached hydrogen (secondary N) is 1. The number of ether oxygens (including phenoxy) is 1. The summed E-state index contributed by atoms with van der Waals surface area (Å²) in [6, 6.07) is 4.06. The summed E-state index contributed by atoms with van der Waals surface area (Å²) < 4.78 is 7.96. The van der Waals surface area contributed by atoms with Crippen molar-refractivity contribution in [1.29, 1.82) is 0 Å². The van der Waals surface area contributed by atoms with Crippen molar-refractivity contribution in [2.45, 2.75) is 0 Å². The predicted molar refractivity (Wildman–Crippen MR) is 69.5 cm³/mol. The molecule has 0 saturated carbocycles. The van der Waals surface area contributed by atoms with Gasteiger partial charge < -0.3 is 9.75 Å². The van der Waals surface area contributed by atoms with Crippen LogP contribution in [0.1, 0.15) is 0 Å². The molecular weight excluding hydrogens is 256 g/mol. The first kappa shape index (κ1) is 10.9. The van der Waals surface area contributed by atoms with Gasteiger partial charge in [-0.3, -0.25) is 0 Å². The zero-order valence-corrected chi connectivity index (χ0v) is 10.8. The highest BCUT2D eigenvalue weighted by molar-refractivity contribution is 7.71. The molecule has 0 atom stereocenters. The van der Waals surface area contributed by atoms with Gasteiger partial charge in [0.25, 0.3) is 0 Å². The van der Waals surface area contributed by atoms with E-state index in [1.807, 2.05) is 22.2 Å². The van der Waals surface area contributed by atoms with Crippen LogP contribution in [0.4, 0.5) is 0 Å². The molecule has 0 unspecified atom stereocenters. The molecule has 3 heterocycles. The van der Waals surface area contributed by atoms with E-state index in [4.69, 9.17) is 17.0 Å². The van der Waals surface area contributed by atoms with Gasteiger partial charge in [0.1, 0.15) is 0 Å². The van der Waals surface area contributed by atoms with Gasteiger partial charge in [-0.1, -0.05) is 6.07 Å². The van der Waals surface area contributed by atoms with Crippen LogP contribution in [-0.2, 0) is 4.74 Å². The first-order valence-corrected chi connectivity index (χ1v) is 6.69. The standard InChI is InChI=1S/C10H12N4OS2/c16-10-12-11-9(8-2-1-7-17-8)14(10)13-3-5-15-6-4-13/h1-2,7H,3-6H2,(H,12,16). The van der Waals surface area contributed by atoms with E-state index in [1.54, 1.807) is 11.3 Å². The van der Waals surface area contributed by atoms with E-state index < -0.39 is 0 Å². The molecule has 0 aromatic carbocycles. The van der Waals surface area contributed by atoms with Crippen LogP contribution in [0.5, 0.6) is 0 Å². The highest BCUT2D eigenvalue weighted by Gasteiger charge is 2.17. The Bertz CT molecular complexity index is 539. The monoisotopic (exact) mass is 268 g/mol. The molecule has 1 fully saturated rings. The molecule has 1 aliphatic rings. The van der Waals surface area contributed by atoms with E-state index in [0.717, 1.165) is 37.0 Å². The molecule has 0 spiro atoms. The minimum atomic E-state index is 0.635. The largest absolute Gasteiger partial charge is 0.378 e. The van der Waals surface area contributed by atoms with Crippen LogP contribution in [0, 0.1) is 4.77 Å². The van der Waals surface area contributed by atoms with Gasteiger partial charge in [-0.25, -0.2) is 9.77 Å². The SMILES string of the molecule is S=c1[nH]nc(-c2cccs2)n1N1CCOCC1. The second-order valence-corrected chi connectivity index (χ2v) is 5.04. The number of aromatic nitrogens is 3. The van der Waals surface area contributed by atoms with Crippen LogP contribution in [-0.4, -0.2) is 41.2 Å². The van der Waals surface area contributed by atoms with Crippen LogP contribution in [0.2, 0.25) is 0 Å². The van der Waals surface area contributed by atoms with Crippen LogP contribution in [0.3, 0.4) is 0 Å². The van der Waals surface area contributed by atoms with E-state index in [1.165, 1.54) is 0 Å². The predicted octanol–water partition coefficient (Wildman–Crippen LogP) is 1.64. The smallest absolute Gasteiger partial charge is 0.214 e. The summed E-state index contributed by atoms with van der Waals surface area (Å²) in [7, 11) is 0. The van der Waals surface area contributed by atoms with E-state index >= 15 is 0 Å². The summed E-state index contributed by atoms with van der Waals surface area (Å²) in [5.74, 6) is 0.881.